The minimum atomic E-state index is -0.426. The first kappa shape index (κ1) is 11.9. The monoisotopic (exact) mass is 250 g/mol. The van der Waals surface area contributed by atoms with E-state index < -0.39 is 5.82 Å². The topological polar surface area (TPSA) is 24.9 Å². The van der Waals surface area contributed by atoms with Crippen molar-refractivity contribution in [2.45, 2.75) is 13.0 Å². The van der Waals surface area contributed by atoms with Gasteiger partial charge in [-0.05, 0) is 30.7 Å². The molecule has 0 bridgehead atoms. The Morgan fingerprint density at radius 1 is 1.29 bits per heavy atom. The summed E-state index contributed by atoms with van der Waals surface area (Å²) >= 11 is 5.72. The first-order valence-electron chi connectivity index (χ1n) is 5.29. The number of nitrogens with one attached hydrogen (secondary N) is 1. The summed E-state index contributed by atoms with van der Waals surface area (Å²) in [5.74, 6) is -0.426. The van der Waals surface area contributed by atoms with Crippen LogP contribution in [0.3, 0.4) is 0 Å². The van der Waals surface area contributed by atoms with Crippen LogP contribution >= 0.6 is 11.6 Å². The molecule has 0 aliphatic rings. The largest absolute Gasteiger partial charge is 0.376 e. The Bertz CT molecular complexity index is 502. The van der Waals surface area contributed by atoms with E-state index in [-0.39, 0.29) is 11.1 Å². The lowest BCUT2D eigenvalue weighted by Gasteiger charge is -2.16. The van der Waals surface area contributed by atoms with Crippen molar-refractivity contribution in [3.8, 4) is 0 Å². The van der Waals surface area contributed by atoms with Crippen LogP contribution in [-0.2, 0) is 0 Å². The first-order chi connectivity index (χ1) is 8.18. The van der Waals surface area contributed by atoms with Crippen molar-refractivity contribution in [2.75, 3.05) is 5.32 Å². The van der Waals surface area contributed by atoms with Crippen molar-refractivity contribution in [3.05, 3.63) is 59.1 Å². The standard InChI is InChI=1S/C13H12ClFN2/c1-9(10-4-3-7-16-8-10)17-12-6-2-5-11(14)13(12)15/h2-9,17H,1H3. The highest BCUT2D eigenvalue weighted by molar-refractivity contribution is 6.31. The van der Waals surface area contributed by atoms with E-state index in [2.05, 4.69) is 10.3 Å². The molecule has 1 N–H and O–H groups in total. The van der Waals surface area contributed by atoms with Gasteiger partial charge in [-0.3, -0.25) is 4.98 Å². The van der Waals surface area contributed by atoms with Crippen molar-refractivity contribution in [2.24, 2.45) is 0 Å². The van der Waals surface area contributed by atoms with E-state index in [0.717, 1.165) is 5.56 Å². The molecule has 0 aliphatic carbocycles. The van der Waals surface area contributed by atoms with Gasteiger partial charge in [-0.25, -0.2) is 4.39 Å². The third-order valence-electron chi connectivity index (χ3n) is 2.51. The van der Waals surface area contributed by atoms with Gasteiger partial charge >= 0.3 is 0 Å². The minimum absolute atomic E-state index is 0.0309. The third kappa shape index (κ3) is 2.74. The quantitative estimate of drug-likeness (QED) is 0.889. The van der Waals surface area contributed by atoms with E-state index in [1.807, 2.05) is 19.1 Å². The Hall–Kier alpha value is -1.61. The lowest BCUT2D eigenvalue weighted by Crippen LogP contribution is -2.08. The summed E-state index contributed by atoms with van der Waals surface area (Å²) in [5, 5.41) is 3.19. The molecule has 2 aromatic rings. The second-order valence-electron chi connectivity index (χ2n) is 3.75. The van der Waals surface area contributed by atoms with E-state index in [1.54, 1.807) is 24.5 Å². The van der Waals surface area contributed by atoms with Crippen molar-refractivity contribution >= 4 is 17.3 Å². The average Bonchev–Trinajstić information content (AvgIpc) is 2.36. The average molecular weight is 251 g/mol. The number of hydrogen-bond acceptors (Lipinski definition) is 2. The summed E-state index contributed by atoms with van der Waals surface area (Å²) in [4.78, 5) is 4.03. The molecule has 17 heavy (non-hydrogen) atoms. The van der Waals surface area contributed by atoms with E-state index in [0.29, 0.717) is 5.69 Å². The number of benzene rings is 1. The molecule has 0 amide bonds. The van der Waals surface area contributed by atoms with Crippen LogP contribution in [0.5, 0.6) is 0 Å². The number of aromatic nitrogens is 1. The number of anilines is 1. The minimum Gasteiger partial charge on any atom is -0.376 e. The predicted molar refractivity (Wildman–Crippen MR) is 67.7 cm³/mol. The summed E-state index contributed by atoms with van der Waals surface area (Å²) in [6.07, 6.45) is 3.45. The maximum Gasteiger partial charge on any atom is 0.164 e. The zero-order chi connectivity index (χ0) is 12.3. The highest BCUT2D eigenvalue weighted by atomic mass is 35.5. The van der Waals surface area contributed by atoms with E-state index in [1.165, 1.54) is 6.07 Å². The summed E-state index contributed by atoms with van der Waals surface area (Å²) in [6, 6.07) is 8.65. The highest BCUT2D eigenvalue weighted by Gasteiger charge is 2.10. The van der Waals surface area contributed by atoms with Crippen LogP contribution in [0.2, 0.25) is 5.02 Å². The van der Waals surface area contributed by atoms with Gasteiger partial charge < -0.3 is 5.32 Å². The van der Waals surface area contributed by atoms with Crippen LogP contribution in [-0.4, -0.2) is 4.98 Å². The molecule has 4 heteroatoms. The number of pyridine rings is 1. The summed E-state index contributed by atoms with van der Waals surface area (Å²) < 4.78 is 13.7. The zero-order valence-corrected chi connectivity index (χ0v) is 10.1. The fourth-order valence-electron chi connectivity index (χ4n) is 1.56. The Balaban J connectivity index is 2.19. The van der Waals surface area contributed by atoms with Crippen LogP contribution in [0.1, 0.15) is 18.5 Å². The van der Waals surface area contributed by atoms with Gasteiger partial charge in [0.05, 0.1) is 16.8 Å². The molecular formula is C13H12ClFN2. The molecule has 0 fully saturated rings. The zero-order valence-electron chi connectivity index (χ0n) is 9.32. The Morgan fingerprint density at radius 3 is 2.82 bits per heavy atom. The van der Waals surface area contributed by atoms with Crippen molar-refractivity contribution in [1.29, 1.82) is 0 Å². The lowest BCUT2D eigenvalue weighted by molar-refractivity contribution is 0.628. The predicted octanol–water partition coefficient (Wildman–Crippen LogP) is 4.05. The number of hydrogen-bond donors (Lipinski definition) is 1. The van der Waals surface area contributed by atoms with E-state index in [4.69, 9.17) is 11.6 Å². The molecule has 0 radical (unpaired) electrons. The molecule has 1 aromatic heterocycles. The Morgan fingerprint density at radius 2 is 2.12 bits per heavy atom. The maximum absolute atomic E-state index is 13.7. The summed E-state index contributed by atoms with van der Waals surface area (Å²) in [7, 11) is 0. The fraction of sp³-hybridized carbons (Fsp3) is 0.154. The Labute approximate surface area is 104 Å². The van der Waals surface area contributed by atoms with Crippen molar-refractivity contribution in [3.63, 3.8) is 0 Å². The van der Waals surface area contributed by atoms with Crippen LogP contribution < -0.4 is 5.32 Å². The van der Waals surface area contributed by atoms with Gasteiger partial charge in [0.15, 0.2) is 5.82 Å². The highest BCUT2D eigenvalue weighted by Crippen LogP contribution is 2.25. The van der Waals surface area contributed by atoms with Gasteiger partial charge in [0.2, 0.25) is 0 Å². The van der Waals surface area contributed by atoms with Crippen LogP contribution in [0.15, 0.2) is 42.7 Å². The SMILES string of the molecule is CC(Nc1cccc(Cl)c1F)c1cccnc1. The van der Waals surface area contributed by atoms with Crippen molar-refractivity contribution < 1.29 is 4.39 Å². The second kappa shape index (κ2) is 5.15. The molecule has 1 atom stereocenters. The molecule has 2 nitrogen and oxygen atoms in total. The van der Waals surface area contributed by atoms with Gasteiger partial charge in [0, 0.05) is 12.4 Å². The van der Waals surface area contributed by atoms with Gasteiger partial charge in [0.25, 0.3) is 0 Å². The van der Waals surface area contributed by atoms with Gasteiger partial charge in [-0.1, -0.05) is 23.7 Å². The summed E-state index contributed by atoms with van der Waals surface area (Å²) in [5.41, 5.74) is 1.39. The fourth-order valence-corrected chi connectivity index (χ4v) is 1.74. The molecule has 1 aromatic carbocycles. The molecule has 1 unspecified atom stereocenters. The summed E-state index contributed by atoms with van der Waals surface area (Å²) in [6.45, 7) is 1.94. The number of rotatable bonds is 3. The molecule has 0 spiro atoms. The van der Waals surface area contributed by atoms with E-state index in [9.17, 15) is 4.39 Å². The number of nitrogens with zero attached hydrogens (tertiary/aromatic N) is 1. The molecule has 1 heterocycles. The smallest absolute Gasteiger partial charge is 0.164 e. The van der Waals surface area contributed by atoms with E-state index >= 15 is 0 Å². The van der Waals surface area contributed by atoms with Crippen LogP contribution in [0.4, 0.5) is 10.1 Å². The molecule has 0 saturated carbocycles. The lowest BCUT2D eigenvalue weighted by atomic mass is 10.1. The molecule has 0 saturated heterocycles. The number of halogens is 2. The van der Waals surface area contributed by atoms with Gasteiger partial charge in [-0.15, -0.1) is 0 Å². The van der Waals surface area contributed by atoms with Gasteiger partial charge in [0.1, 0.15) is 0 Å². The maximum atomic E-state index is 13.7. The third-order valence-corrected chi connectivity index (χ3v) is 2.80. The van der Waals surface area contributed by atoms with Crippen LogP contribution in [0.25, 0.3) is 0 Å². The van der Waals surface area contributed by atoms with Crippen molar-refractivity contribution in [1.82, 2.24) is 4.98 Å². The first-order valence-corrected chi connectivity index (χ1v) is 5.67. The van der Waals surface area contributed by atoms with Crippen LogP contribution in [0, 0.1) is 5.82 Å². The normalized spacial score (nSPS) is 12.2. The molecule has 88 valence electrons. The second-order valence-corrected chi connectivity index (χ2v) is 4.16. The molecule has 2 rings (SSSR count). The Kier molecular flexibility index (Phi) is 3.59. The molecule has 0 aliphatic heterocycles. The van der Waals surface area contributed by atoms with Gasteiger partial charge in [-0.2, -0.15) is 0 Å². The molecular weight excluding hydrogens is 239 g/mol.